The molecule has 4 nitrogen and oxygen atoms in total. The second-order valence-corrected chi connectivity index (χ2v) is 6.14. The minimum absolute atomic E-state index is 0.865. The Balaban J connectivity index is 1.95. The quantitative estimate of drug-likeness (QED) is 0.858. The van der Waals surface area contributed by atoms with Gasteiger partial charge in [0.2, 0.25) is 0 Å². The van der Waals surface area contributed by atoms with Gasteiger partial charge in [-0.1, -0.05) is 6.92 Å². The Bertz CT molecular complexity index is 612. The predicted octanol–water partition coefficient (Wildman–Crippen LogP) is 3.35. The third-order valence-corrected chi connectivity index (χ3v) is 5.04. The minimum atomic E-state index is 0.865. The molecule has 0 unspecified atom stereocenters. The van der Waals surface area contributed by atoms with Crippen LogP contribution in [0.25, 0.3) is 0 Å². The number of fused-ring (bicyclic) bond motifs is 1. The topological polar surface area (TPSA) is 35.6 Å². The summed E-state index contributed by atoms with van der Waals surface area (Å²) in [5.41, 5.74) is 5.13. The zero-order valence-electron chi connectivity index (χ0n) is 12.2. The average Bonchev–Trinajstić information content (AvgIpc) is 3.02. The molecule has 0 bridgehead atoms. The van der Waals surface area contributed by atoms with E-state index in [1.807, 2.05) is 6.33 Å². The highest BCUT2D eigenvalue weighted by Crippen LogP contribution is 2.26. The second kappa shape index (κ2) is 5.72. The predicted molar refractivity (Wildman–Crippen MR) is 83.0 cm³/mol. The Hall–Kier alpha value is -1.10. The summed E-state index contributed by atoms with van der Waals surface area (Å²) in [6.45, 7) is 6.07. The number of imidazole rings is 1. The first-order chi connectivity index (χ1) is 9.74. The maximum atomic E-state index is 4.68. The summed E-state index contributed by atoms with van der Waals surface area (Å²) >= 11 is 3.73. The molecule has 108 valence electrons. The average molecular weight is 337 g/mol. The van der Waals surface area contributed by atoms with Crippen molar-refractivity contribution >= 4 is 15.9 Å². The number of hydrogen-bond acceptors (Lipinski definition) is 2. The van der Waals surface area contributed by atoms with Crippen molar-refractivity contribution in [3.8, 4) is 0 Å². The normalized spacial score (nSPS) is 14.6. The van der Waals surface area contributed by atoms with Gasteiger partial charge in [0.05, 0.1) is 34.4 Å². The molecule has 1 aliphatic rings. The van der Waals surface area contributed by atoms with Crippen LogP contribution in [0.3, 0.4) is 0 Å². The fourth-order valence-corrected chi connectivity index (χ4v) is 3.69. The van der Waals surface area contributed by atoms with Gasteiger partial charge in [-0.05, 0) is 55.0 Å². The third kappa shape index (κ3) is 2.32. The molecule has 2 aromatic heterocycles. The van der Waals surface area contributed by atoms with Gasteiger partial charge in [0.25, 0.3) is 0 Å². The van der Waals surface area contributed by atoms with E-state index in [0.29, 0.717) is 0 Å². The maximum absolute atomic E-state index is 4.68. The molecule has 1 aliphatic carbocycles. The zero-order chi connectivity index (χ0) is 14.1. The molecule has 0 N–H and O–H groups in total. The van der Waals surface area contributed by atoms with Gasteiger partial charge in [-0.15, -0.1) is 0 Å². The molecule has 0 aromatic carbocycles. The highest BCUT2D eigenvalue weighted by atomic mass is 79.9. The highest BCUT2D eigenvalue weighted by molar-refractivity contribution is 9.10. The molecule has 0 spiro atoms. The summed E-state index contributed by atoms with van der Waals surface area (Å²) in [6, 6.07) is 0. The number of aromatic nitrogens is 4. The Morgan fingerprint density at radius 3 is 2.80 bits per heavy atom. The van der Waals surface area contributed by atoms with Crippen LogP contribution >= 0.6 is 15.9 Å². The fraction of sp³-hybridized carbons (Fsp3) is 0.600. The second-order valence-electron chi connectivity index (χ2n) is 5.35. The van der Waals surface area contributed by atoms with Crippen LogP contribution in [0, 0.1) is 0 Å². The molecule has 0 saturated carbocycles. The van der Waals surface area contributed by atoms with Gasteiger partial charge < -0.3 is 4.57 Å². The number of nitrogens with zero attached hydrogens (tertiary/aromatic N) is 4. The van der Waals surface area contributed by atoms with E-state index in [1.165, 1.54) is 34.4 Å². The van der Waals surface area contributed by atoms with Crippen molar-refractivity contribution in [3.05, 3.63) is 33.6 Å². The van der Waals surface area contributed by atoms with Crippen LogP contribution in [0.2, 0.25) is 0 Å². The molecule has 0 atom stereocenters. The number of rotatable bonds is 4. The van der Waals surface area contributed by atoms with Crippen molar-refractivity contribution in [3.63, 3.8) is 0 Å². The van der Waals surface area contributed by atoms with E-state index in [-0.39, 0.29) is 0 Å². The first-order valence-electron chi connectivity index (χ1n) is 7.51. The molecule has 20 heavy (non-hydrogen) atoms. The number of halogens is 1. The van der Waals surface area contributed by atoms with E-state index in [4.69, 9.17) is 0 Å². The molecule has 0 aliphatic heterocycles. The van der Waals surface area contributed by atoms with Crippen LogP contribution in [0.15, 0.2) is 10.8 Å². The van der Waals surface area contributed by atoms with Crippen molar-refractivity contribution in [1.82, 2.24) is 19.3 Å². The standard InChI is InChI=1S/C15H21BrN4/c1-3-11-15(16)14(20(4-2)18-11)9-19-10-17-12-7-5-6-8-13(12)19/h10H,3-9H2,1-2H3. The summed E-state index contributed by atoms with van der Waals surface area (Å²) in [7, 11) is 0. The van der Waals surface area contributed by atoms with Crippen LogP contribution in [0.5, 0.6) is 0 Å². The monoisotopic (exact) mass is 336 g/mol. The van der Waals surface area contributed by atoms with Gasteiger partial charge >= 0.3 is 0 Å². The molecule has 0 fully saturated rings. The zero-order valence-corrected chi connectivity index (χ0v) is 13.8. The van der Waals surface area contributed by atoms with Crippen LogP contribution in [0.4, 0.5) is 0 Å². The van der Waals surface area contributed by atoms with E-state index in [9.17, 15) is 0 Å². The lowest BCUT2D eigenvalue weighted by atomic mass is 10.0. The van der Waals surface area contributed by atoms with Crippen molar-refractivity contribution in [2.45, 2.75) is 59.0 Å². The summed E-state index contributed by atoms with van der Waals surface area (Å²) < 4.78 is 5.58. The molecule has 0 saturated heterocycles. The lowest BCUT2D eigenvalue weighted by Crippen LogP contribution is -2.12. The fourth-order valence-electron chi connectivity index (χ4n) is 3.00. The van der Waals surface area contributed by atoms with E-state index in [0.717, 1.165) is 38.0 Å². The molecule has 2 aromatic rings. The summed E-state index contributed by atoms with van der Waals surface area (Å²) in [5, 5.41) is 4.68. The lowest BCUT2D eigenvalue weighted by molar-refractivity contribution is 0.575. The summed E-state index contributed by atoms with van der Waals surface area (Å²) in [6.07, 6.45) is 7.82. The SMILES string of the molecule is CCc1nn(CC)c(Cn2cnc3c2CCCC3)c1Br. The Morgan fingerprint density at radius 2 is 2.05 bits per heavy atom. The lowest BCUT2D eigenvalue weighted by Gasteiger charge is -2.14. The van der Waals surface area contributed by atoms with Crippen LogP contribution in [0.1, 0.15) is 49.5 Å². The van der Waals surface area contributed by atoms with Crippen LogP contribution in [-0.4, -0.2) is 19.3 Å². The first kappa shape index (κ1) is 13.9. The molecule has 0 amide bonds. The first-order valence-corrected chi connectivity index (χ1v) is 8.30. The smallest absolute Gasteiger partial charge is 0.0955 e. The minimum Gasteiger partial charge on any atom is -0.328 e. The molecule has 2 heterocycles. The summed E-state index contributed by atoms with van der Waals surface area (Å²) in [4.78, 5) is 4.58. The van der Waals surface area contributed by atoms with Crippen molar-refractivity contribution < 1.29 is 0 Å². The third-order valence-electron chi connectivity index (χ3n) is 4.12. The van der Waals surface area contributed by atoms with Crippen molar-refractivity contribution in [1.29, 1.82) is 0 Å². The number of aryl methyl sites for hydroxylation is 3. The van der Waals surface area contributed by atoms with Gasteiger partial charge in [0, 0.05) is 12.2 Å². The van der Waals surface area contributed by atoms with Crippen LogP contribution < -0.4 is 0 Å². The van der Waals surface area contributed by atoms with Crippen LogP contribution in [-0.2, 0) is 32.4 Å². The summed E-state index contributed by atoms with van der Waals surface area (Å²) in [5.74, 6) is 0. The van der Waals surface area contributed by atoms with Gasteiger partial charge in [-0.25, -0.2) is 4.98 Å². The van der Waals surface area contributed by atoms with E-state index in [1.54, 1.807) is 0 Å². The largest absolute Gasteiger partial charge is 0.328 e. The van der Waals surface area contributed by atoms with Crippen molar-refractivity contribution in [2.24, 2.45) is 0 Å². The van der Waals surface area contributed by atoms with Gasteiger partial charge in [-0.2, -0.15) is 5.10 Å². The van der Waals surface area contributed by atoms with Gasteiger partial charge in [0.1, 0.15) is 0 Å². The Labute approximate surface area is 128 Å². The van der Waals surface area contributed by atoms with Gasteiger partial charge in [-0.3, -0.25) is 4.68 Å². The van der Waals surface area contributed by atoms with Gasteiger partial charge in [0.15, 0.2) is 0 Å². The van der Waals surface area contributed by atoms with E-state index >= 15 is 0 Å². The molecule has 3 rings (SSSR count). The Morgan fingerprint density at radius 1 is 1.25 bits per heavy atom. The van der Waals surface area contributed by atoms with E-state index in [2.05, 4.69) is 49.1 Å². The van der Waals surface area contributed by atoms with E-state index < -0.39 is 0 Å². The molecule has 5 heteroatoms. The highest BCUT2D eigenvalue weighted by Gasteiger charge is 2.19. The number of hydrogen-bond donors (Lipinski definition) is 0. The molecular formula is C15H21BrN4. The Kier molecular flexibility index (Phi) is 3.96. The maximum Gasteiger partial charge on any atom is 0.0955 e. The molecular weight excluding hydrogens is 316 g/mol. The van der Waals surface area contributed by atoms with Crippen molar-refractivity contribution in [2.75, 3.05) is 0 Å². The molecule has 0 radical (unpaired) electrons.